The molecule has 1 fully saturated rings. The van der Waals surface area contributed by atoms with Gasteiger partial charge in [0, 0.05) is 0 Å². The Morgan fingerprint density at radius 1 is 1.50 bits per heavy atom. The van der Waals surface area contributed by atoms with E-state index in [9.17, 15) is 4.79 Å². The van der Waals surface area contributed by atoms with Gasteiger partial charge >= 0.3 is 5.97 Å². The van der Waals surface area contributed by atoms with Crippen LogP contribution in [0.2, 0.25) is 0 Å². The highest BCUT2D eigenvalue weighted by Gasteiger charge is 2.21. The molecule has 0 aromatic carbocycles. The van der Waals surface area contributed by atoms with E-state index in [2.05, 4.69) is 5.32 Å². The van der Waals surface area contributed by atoms with Crippen molar-refractivity contribution in [3.8, 4) is 0 Å². The van der Waals surface area contributed by atoms with Crippen molar-refractivity contribution in [2.45, 2.75) is 12.8 Å². The second-order valence-corrected chi connectivity index (χ2v) is 2.92. The van der Waals surface area contributed by atoms with E-state index < -0.39 is 0 Å². The van der Waals surface area contributed by atoms with E-state index in [1.807, 2.05) is 0 Å². The van der Waals surface area contributed by atoms with Gasteiger partial charge in [-0.3, -0.25) is 4.79 Å². The minimum absolute atomic E-state index is 0.0396. The van der Waals surface area contributed by atoms with Crippen LogP contribution in [-0.4, -0.2) is 37.4 Å². The molecular weight excluding hydrogens is 158 g/mol. The predicted molar refractivity (Wildman–Crippen MR) is 43.6 cm³/mol. The number of aliphatic hydroxyl groups is 1. The molecule has 0 spiro atoms. The zero-order valence-corrected chi connectivity index (χ0v) is 7.08. The molecule has 0 radical (unpaired) electrons. The third-order valence-corrected chi connectivity index (χ3v) is 2.01. The number of hydrogen-bond acceptors (Lipinski definition) is 4. The number of carbonyl (C=O) groups is 1. The van der Waals surface area contributed by atoms with Crippen LogP contribution in [0.25, 0.3) is 0 Å². The fraction of sp³-hybridized carbons (Fsp3) is 0.875. The maximum absolute atomic E-state index is 11.2. The molecule has 1 aliphatic heterocycles. The molecule has 0 saturated carbocycles. The number of carbonyl (C=O) groups excluding carboxylic acids is 1. The minimum atomic E-state index is -0.162. The largest absolute Gasteiger partial charge is 0.463 e. The molecule has 0 aromatic rings. The maximum Gasteiger partial charge on any atom is 0.309 e. The Balaban J connectivity index is 2.20. The number of rotatable bonds is 3. The summed E-state index contributed by atoms with van der Waals surface area (Å²) in [4.78, 5) is 11.2. The Hall–Kier alpha value is -0.610. The lowest BCUT2D eigenvalue weighted by Gasteiger charge is -2.20. The highest BCUT2D eigenvalue weighted by Crippen LogP contribution is 2.12. The molecule has 1 heterocycles. The number of aliphatic hydroxyl groups excluding tert-OH is 1. The summed E-state index contributed by atoms with van der Waals surface area (Å²) in [5, 5.41) is 11.6. The molecule has 0 unspecified atom stereocenters. The molecular formula is C8H15NO3. The van der Waals surface area contributed by atoms with Gasteiger partial charge in [-0.1, -0.05) is 0 Å². The van der Waals surface area contributed by atoms with Crippen LogP contribution in [0.1, 0.15) is 12.8 Å². The van der Waals surface area contributed by atoms with Gasteiger partial charge in [0.25, 0.3) is 0 Å². The smallest absolute Gasteiger partial charge is 0.309 e. The lowest BCUT2D eigenvalue weighted by atomic mass is 9.99. The summed E-state index contributed by atoms with van der Waals surface area (Å²) in [6, 6.07) is 0. The summed E-state index contributed by atoms with van der Waals surface area (Å²) in [5.74, 6) is -0.122. The quantitative estimate of drug-likeness (QED) is 0.566. The molecule has 4 heteroatoms. The first kappa shape index (κ1) is 9.48. The Kier molecular flexibility index (Phi) is 4.04. The molecule has 12 heavy (non-hydrogen) atoms. The molecule has 1 saturated heterocycles. The standard InChI is InChI=1S/C8H15NO3/c10-5-6-12-8(11)7-1-3-9-4-2-7/h7,9-10H,1-6H2. The molecule has 0 atom stereocenters. The van der Waals surface area contributed by atoms with Crippen molar-refractivity contribution in [2.24, 2.45) is 5.92 Å². The van der Waals surface area contributed by atoms with Crippen LogP contribution in [0.5, 0.6) is 0 Å². The monoisotopic (exact) mass is 173 g/mol. The highest BCUT2D eigenvalue weighted by molar-refractivity contribution is 5.72. The molecule has 0 bridgehead atoms. The van der Waals surface area contributed by atoms with Gasteiger partial charge < -0.3 is 15.2 Å². The normalized spacial score (nSPS) is 19.1. The van der Waals surface area contributed by atoms with Gasteiger partial charge in [0.05, 0.1) is 12.5 Å². The number of hydrogen-bond donors (Lipinski definition) is 2. The molecule has 4 nitrogen and oxygen atoms in total. The average Bonchev–Trinajstić information content (AvgIpc) is 2.15. The number of piperidine rings is 1. The van der Waals surface area contributed by atoms with Gasteiger partial charge in [0.15, 0.2) is 0 Å². The maximum atomic E-state index is 11.2. The van der Waals surface area contributed by atoms with Crippen LogP contribution in [0, 0.1) is 5.92 Å². The van der Waals surface area contributed by atoms with Gasteiger partial charge in [-0.2, -0.15) is 0 Å². The van der Waals surface area contributed by atoms with E-state index in [0.717, 1.165) is 25.9 Å². The van der Waals surface area contributed by atoms with Crippen LogP contribution in [0.4, 0.5) is 0 Å². The summed E-state index contributed by atoms with van der Waals surface area (Å²) in [6.45, 7) is 1.82. The van der Waals surface area contributed by atoms with E-state index >= 15 is 0 Å². The van der Waals surface area contributed by atoms with Crippen molar-refractivity contribution in [3.05, 3.63) is 0 Å². The average molecular weight is 173 g/mol. The second-order valence-electron chi connectivity index (χ2n) is 2.92. The number of esters is 1. The van der Waals surface area contributed by atoms with Crippen LogP contribution >= 0.6 is 0 Å². The molecule has 70 valence electrons. The first-order valence-electron chi connectivity index (χ1n) is 4.33. The van der Waals surface area contributed by atoms with E-state index in [1.165, 1.54) is 0 Å². The van der Waals surface area contributed by atoms with Crippen LogP contribution in [0.15, 0.2) is 0 Å². The zero-order chi connectivity index (χ0) is 8.81. The fourth-order valence-corrected chi connectivity index (χ4v) is 1.32. The lowest BCUT2D eigenvalue weighted by Crippen LogP contribution is -2.33. The summed E-state index contributed by atoms with van der Waals surface area (Å²) >= 11 is 0. The Morgan fingerprint density at radius 2 is 2.17 bits per heavy atom. The van der Waals surface area contributed by atoms with Gasteiger partial charge in [-0.05, 0) is 25.9 Å². The molecule has 2 N–H and O–H groups in total. The summed E-state index contributed by atoms with van der Waals surface area (Å²) in [6.07, 6.45) is 1.70. The van der Waals surface area contributed by atoms with Gasteiger partial charge in [0.2, 0.25) is 0 Å². The summed E-state index contributed by atoms with van der Waals surface area (Å²) < 4.78 is 4.81. The van der Waals surface area contributed by atoms with Crippen molar-refractivity contribution in [1.29, 1.82) is 0 Å². The highest BCUT2D eigenvalue weighted by atomic mass is 16.5. The minimum Gasteiger partial charge on any atom is -0.463 e. The fourth-order valence-electron chi connectivity index (χ4n) is 1.32. The number of ether oxygens (including phenoxy) is 1. The topological polar surface area (TPSA) is 58.6 Å². The van der Waals surface area contributed by atoms with Gasteiger partial charge in [-0.25, -0.2) is 0 Å². The van der Waals surface area contributed by atoms with Gasteiger partial charge in [0.1, 0.15) is 6.61 Å². The Morgan fingerprint density at radius 3 is 2.75 bits per heavy atom. The Bertz CT molecular complexity index is 143. The summed E-state index contributed by atoms with van der Waals surface area (Å²) in [5.41, 5.74) is 0. The van der Waals surface area contributed by atoms with E-state index in [4.69, 9.17) is 9.84 Å². The molecule has 0 amide bonds. The third kappa shape index (κ3) is 2.79. The van der Waals surface area contributed by atoms with Crippen molar-refractivity contribution < 1.29 is 14.6 Å². The van der Waals surface area contributed by atoms with E-state index in [1.54, 1.807) is 0 Å². The Labute approximate surface area is 71.9 Å². The zero-order valence-electron chi connectivity index (χ0n) is 7.08. The van der Waals surface area contributed by atoms with Crippen LogP contribution in [0.3, 0.4) is 0 Å². The first-order chi connectivity index (χ1) is 5.84. The molecule has 1 aliphatic rings. The third-order valence-electron chi connectivity index (χ3n) is 2.01. The van der Waals surface area contributed by atoms with Crippen LogP contribution < -0.4 is 5.32 Å². The van der Waals surface area contributed by atoms with Gasteiger partial charge in [-0.15, -0.1) is 0 Å². The molecule has 0 aromatic heterocycles. The lowest BCUT2D eigenvalue weighted by molar-refractivity contribution is -0.150. The van der Waals surface area contributed by atoms with Crippen molar-refractivity contribution >= 4 is 5.97 Å². The van der Waals surface area contributed by atoms with Crippen molar-refractivity contribution in [2.75, 3.05) is 26.3 Å². The first-order valence-corrected chi connectivity index (χ1v) is 4.33. The van der Waals surface area contributed by atoms with Crippen LogP contribution in [-0.2, 0) is 9.53 Å². The van der Waals surface area contributed by atoms with E-state index in [-0.39, 0.29) is 25.1 Å². The van der Waals surface area contributed by atoms with E-state index in [0.29, 0.717) is 0 Å². The molecule has 1 rings (SSSR count). The molecule has 0 aliphatic carbocycles. The van der Waals surface area contributed by atoms with Crippen molar-refractivity contribution in [3.63, 3.8) is 0 Å². The number of nitrogens with one attached hydrogen (secondary N) is 1. The SMILES string of the molecule is O=C(OCCO)C1CCNCC1. The summed E-state index contributed by atoms with van der Waals surface area (Å²) in [7, 11) is 0. The predicted octanol–water partition coefficient (Wildman–Crippen LogP) is -0.479. The van der Waals surface area contributed by atoms with Crippen molar-refractivity contribution in [1.82, 2.24) is 5.32 Å². The second kappa shape index (κ2) is 5.11.